The minimum absolute atomic E-state index is 0.126. The average Bonchev–Trinajstić information content (AvgIpc) is 2.20. The Bertz CT molecular complexity index is 358. The molecule has 1 rings (SSSR count). The fraction of sp³-hybridized carbons (Fsp3) is 0.111. The number of carbonyl (C=O) groups excluding carboxylic acids is 1. The van der Waals surface area contributed by atoms with Crippen molar-refractivity contribution in [3.05, 3.63) is 41.5 Å². The molecular formula is C9H7N2O2+. The average molecular weight is 175 g/mol. The van der Waals surface area contributed by atoms with Gasteiger partial charge in [0.25, 0.3) is 0 Å². The third-order valence-electron chi connectivity index (χ3n) is 1.46. The molecule has 4 nitrogen and oxygen atoms in total. The second kappa shape index (κ2) is 4.12. The Morgan fingerprint density at radius 2 is 2.46 bits per heavy atom. The number of rotatable bonds is 2. The van der Waals surface area contributed by atoms with Crippen molar-refractivity contribution in [1.29, 1.82) is 0 Å². The van der Waals surface area contributed by atoms with Crippen LogP contribution in [0.25, 0.3) is 5.53 Å². The summed E-state index contributed by atoms with van der Waals surface area (Å²) in [6, 6.07) is 0. The zero-order valence-corrected chi connectivity index (χ0v) is 7.02. The molecule has 1 aliphatic rings. The van der Waals surface area contributed by atoms with Crippen molar-refractivity contribution < 1.29 is 14.3 Å². The summed E-state index contributed by atoms with van der Waals surface area (Å²) in [6.07, 6.45) is 9.28. The van der Waals surface area contributed by atoms with Crippen LogP contribution in [0.3, 0.4) is 0 Å². The predicted molar refractivity (Wildman–Crippen MR) is 45.7 cm³/mol. The number of nitrogens with zero attached hydrogens (tertiary/aromatic N) is 2. The van der Waals surface area contributed by atoms with E-state index in [4.69, 9.17) is 5.53 Å². The molecule has 0 saturated carbocycles. The largest absolute Gasteiger partial charge is 0.459 e. The van der Waals surface area contributed by atoms with Crippen molar-refractivity contribution in [2.45, 2.75) is 0 Å². The topological polar surface area (TPSA) is 62.7 Å². The van der Waals surface area contributed by atoms with Gasteiger partial charge in [0.2, 0.25) is 0 Å². The van der Waals surface area contributed by atoms with Crippen molar-refractivity contribution in [2.24, 2.45) is 0 Å². The second-order valence-electron chi connectivity index (χ2n) is 2.23. The third-order valence-corrected chi connectivity index (χ3v) is 1.46. The van der Waals surface area contributed by atoms with Gasteiger partial charge >= 0.3 is 11.7 Å². The summed E-state index contributed by atoms with van der Waals surface area (Å²) in [7, 11) is 1.22. The van der Waals surface area contributed by atoms with Crippen LogP contribution < -0.4 is 0 Å². The molecule has 4 heteroatoms. The van der Waals surface area contributed by atoms with Crippen LogP contribution in [0.1, 0.15) is 0 Å². The normalized spacial score (nSPS) is 12.5. The van der Waals surface area contributed by atoms with Gasteiger partial charge in [0.15, 0.2) is 5.57 Å². The number of allylic oxidation sites excluding steroid dienone is 5. The summed E-state index contributed by atoms with van der Waals surface area (Å²) in [5, 5.41) is 0. The van der Waals surface area contributed by atoms with Gasteiger partial charge in [-0.25, -0.2) is 4.79 Å². The first-order chi connectivity index (χ1) is 6.29. The molecule has 0 atom stereocenters. The van der Waals surface area contributed by atoms with E-state index in [1.54, 1.807) is 18.2 Å². The highest BCUT2D eigenvalue weighted by molar-refractivity contribution is 6.41. The van der Waals surface area contributed by atoms with E-state index in [0.29, 0.717) is 5.57 Å². The number of hydrogen-bond acceptors (Lipinski definition) is 2. The monoisotopic (exact) mass is 175 g/mol. The Labute approximate surface area is 75.4 Å². The van der Waals surface area contributed by atoms with E-state index in [0.717, 1.165) is 0 Å². The van der Waals surface area contributed by atoms with Crippen LogP contribution in [0.15, 0.2) is 29.9 Å². The molecule has 0 fully saturated rings. The first-order valence-corrected chi connectivity index (χ1v) is 3.56. The quantitative estimate of drug-likeness (QED) is 0.204. The van der Waals surface area contributed by atoms with E-state index >= 15 is 0 Å². The van der Waals surface area contributed by atoms with E-state index in [1.165, 1.54) is 13.2 Å². The lowest BCUT2D eigenvalue weighted by Gasteiger charge is -1.90. The minimum atomic E-state index is -0.679. The molecule has 0 N–H and O–H groups in total. The number of ether oxygens (including phenoxy) is 1. The Hall–Kier alpha value is -2.02. The summed E-state index contributed by atoms with van der Waals surface area (Å²) in [5.74, 6) is -0.679. The van der Waals surface area contributed by atoms with Gasteiger partial charge in [-0.3, -0.25) is 0 Å². The van der Waals surface area contributed by atoms with Crippen molar-refractivity contribution in [1.82, 2.24) is 0 Å². The lowest BCUT2D eigenvalue weighted by molar-refractivity contribution is -0.137. The summed E-state index contributed by atoms with van der Waals surface area (Å²) in [6.45, 7) is 0. The van der Waals surface area contributed by atoms with Gasteiger partial charge in [-0.2, -0.15) is 0 Å². The summed E-state index contributed by atoms with van der Waals surface area (Å²) in [5.41, 5.74) is 8.90. The molecule has 1 aliphatic carbocycles. The molecule has 64 valence electrons. The molecule has 0 amide bonds. The highest BCUT2D eigenvalue weighted by Gasteiger charge is 2.30. The third kappa shape index (κ3) is 1.97. The molecule has 0 aliphatic heterocycles. The lowest BCUT2D eigenvalue weighted by atomic mass is 10.1. The lowest BCUT2D eigenvalue weighted by Crippen LogP contribution is -2.18. The molecule has 0 radical (unpaired) electrons. The van der Waals surface area contributed by atoms with Gasteiger partial charge in [0.05, 0.1) is 13.2 Å². The van der Waals surface area contributed by atoms with Crippen LogP contribution >= 0.6 is 0 Å². The first kappa shape index (κ1) is 9.07. The van der Waals surface area contributed by atoms with Crippen LogP contribution in [0.5, 0.6) is 0 Å². The summed E-state index contributed by atoms with van der Waals surface area (Å²) in [4.78, 5) is 13.9. The Morgan fingerprint density at radius 1 is 1.69 bits per heavy atom. The van der Waals surface area contributed by atoms with Crippen molar-refractivity contribution in [3.63, 3.8) is 0 Å². The van der Waals surface area contributed by atoms with Gasteiger partial charge in [0, 0.05) is 12.2 Å². The molecule has 0 aromatic heterocycles. The molecule has 0 spiro atoms. The molecule has 0 saturated heterocycles. The summed E-state index contributed by atoms with van der Waals surface area (Å²) >= 11 is 0. The molecular weight excluding hydrogens is 168 g/mol. The fourth-order valence-electron chi connectivity index (χ4n) is 0.854. The maximum atomic E-state index is 11.0. The van der Waals surface area contributed by atoms with E-state index in [9.17, 15) is 4.79 Å². The predicted octanol–water partition coefficient (Wildman–Crippen LogP) is 0.686. The zero-order chi connectivity index (χ0) is 9.68. The molecule has 0 bridgehead atoms. The number of carbonyl (C=O) groups is 1. The van der Waals surface area contributed by atoms with Crippen molar-refractivity contribution in [3.8, 4) is 0 Å². The molecule has 0 aromatic rings. The van der Waals surface area contributed by atoms with Crippen LogP contribution in [0.2, 0.25) is 0 Å². The number of hydrogen-bond donors (Lipinski definition) is 0. The van der Waals surface area contributed by atoms with Gasteiger partial charge in [-0.1, -0.05) is 0 Å². The van der Waals surface area contributed by atoms with Crippen LogP contribution in [-0.4, -0.2) is 23.6 Å². The van der Waals surface area contributed by atoms with E-state index in [2.05, 4.69) is 15.6 Å². The molecule has 0 unspecified atom stereocenters. The Morgan fingerprint density at radius 3 is 2.92 bits per heavy atom. The van der Waals surface area contributed by atoms with Gasteiger partial charge in [-0.05, 0) is 0 Å². The van der Waals surface area contributed by atoms with Crippen molar-refractivity contribution in [2.75, 3.05) is 7.11 Å². The summed E-state index contributed by atoms with van der Waals surface area (Å²) < 4.78 is 4.41. The van der Waals surface area contributed by atoms with Crippen molar-refractivity contribution >= 4 is 11.7 Å². The Balaban J connectivity index is 2.99. The van der Waals surface area contributed by atoms with Crippen LogP contribution in [-0.2, 0) is 9.53 Å². The highest BCUT2D eigenvalue weighted by atomic mass is 16.5. The van der Waals surface area contributed by atoms with Gasteiger partial charge in [-0.15, -0.1) is 4.79 Å². The maximum absolute atomic E-state index is 11.0. The van der Waals surface area contributed by atoms with Crippen LogP contribution in [0, 0.1) is 6.08 Å². The fourth-order valence-corrected chi connectivity index (χ4v) is 0.854. The molecule has 0 heterocycles. The molecule has 0 aromatic carbocycles. The van der Waals surface area contributed by atoms with Gasteiger partial charge in [0.1, 0.15) is 12.2 Å². The second-order valence-corrected chi connectivity index (χ2v) is 2.23. The standard InChI is InChI=1S/C9H7N2O2/c1-13-9(12)8(11-10)7-5-3-2-4-6-7/h2-3,5-6H,1H3/q+1. The SMILES string of the molecule is COC(=O)C(=[N+]=[N-])C1=CC=C[C+]=C1. The van der Waals surface area contributed by atoms with E-state index < -0.39 is 5.97 Å². The van der Waals surface area contributed by atoms with Gasteiger partial charge < -0.3 is 10.3 Å². The number of esters is 1. The van der Waals surface area contributed by atoms with Crippen LogP contribution in [0.4, 0.5) is 0 Å². The smallest absolute Gasteiger partial charge is 0.459 e. The van der Waals surface area contributed by atoms with E-state index in [1.807, 2.05) is 0 Å². The van der Waals surface area contributed by atoms with E-state index in [-0.39, 0.29) is 5.71 Å². The maximum Gasteiger partial charge on any atom is 0.459 e. The highest BCUT2D eigenvalue weighted by Crippen LogP contribution is 2.05. The minimum Gasteiger partial charge on any atom is -0.459 e. The zero-order valence-electron chi connectivity index (χ0n) is 7.02. The Kier molecular flexibility index (Phi) is 2.87. The number of methoxy groups -OCH3 is 1. The molecule has 13 heavy (non-hydrogen) atoms. The first-order valence-electron chi connectivity index (χ1n) is 3.56.